The average Bonchev–Trinajstić information content (AvgIpc) is 2.56. The molecule has 0 unspecified atom stereocenters. The Bertz CT molecular complexity index is 815. The van der Waals surface area contributed by atoms with Crippen LogP contribution in [0.2, 0.25) is 15.1 Å². The molecule has 2 aromatic rings. The van der Waals surface area contributed by atoms with Crippen molar-refractivity contribution in [3.8, 4) is 5.75 Å². The number of carbonyl (C=O) groups is 1. The summed E-state index contributed by atoms with van der Waals surface area (Å²) < 4.78 is 5.54. The fraction of sp³-hybridized carbons (Fsp3) is 0.222. The van der Waals surface area contributed by atoms with Crippen LogP contribution in [0.1, 0.15) is 18.4 Å². The van der Waals surface area contributed by atoms with Gasteiger partial charge in [-0.25, -0.2) is 0 Å². The van der Waals surface area contributed by atoms with Crippen LogP contribution in [0.4, 0.5) is 5.69 Å². The molecule has 0 heterocycles. The number of hydrogen-bond acceptors (Lipinski definition) is 3. The molecule has 8 heteroatoms. The number of hydrogen-bond donors (Lipinski definition) is 2. The van der Waals surface area contributed by atoms with Crippen LogP contribution in [-0.2, 0) is 4.79 Å². The second-order valence-electron chi connectivity index (χ2n) is 5.49. The summed E-state index contributed by atoms with van der Waals surface area (Å²) >= 11 is 22.9. The highest BCUT2D eigenvalue weighted by Gasteiger charge is 2.08. The molecular weight excluding hydrogens is 415 g/mol. The molecule has 2 aromatic carbocycles. The van der Waals surface area contributed by atoms with Crippen molar-refractivity contribution < 1.29 is 9.53 Å². The quantitative estimate of drug-likeness (QED) is 0.460. The van der Waals surface area contributed by atoms with Crippen LogP contribution in [-0.4, -0.2) is 17.6 Å². The van der Waals surface area contributed by atoms with Crippen molar-refractivity contribution in [3.63, 3.8) is 0 Å². The van der Waals surface area contributed by atoms with Crippen LogP contribution in [0.25, 0.3) is 0 Å². The Labute approximate surface area is 172 Å². The molecule has 0 spiro atoms. The van der Waals surface area contributed by atoms with Gasteiger partial charge in [-0.1, -0.05) is 34.8 Å². The molecule has 2 rings (SSSR count). The molecule has 1 amide bonds. The lowest BCUT2D eigenvalue weighted by Crippen LogP contribution is -2.34. The first-order valence-corrected chi connectivity index (χ1v) is 9.34. The summed E-state index contributed by atoms with van der Waals surface area (Å²) in [5, 5.41) is 7.47. The Morgan fingerprint density at radius 2 is 1.81 bits per heavy atom. The minimum atomic E-state index is -0.195. The number of anilines is 1. The summed E-state index contributed by atoms with van der Waals surface area (Å²) in [7, 11) is 0. The molecule has 0 fully saturated rings. The Morgan fingerprint density at radius 1 is 1.12 bits per heavy atom. The van der Waals surface area contributed by atoms with E-state index in [1.165, 1.54) is 0 Å². The van der Waals surface area contributed by atoms with Gasteiger partial charge in [0, 0.05) is 22.2 Å². The normalized spacial score (nSPS) is 10.3. The number of carbonyl (C=O) groups excluding carboxylic acids is 1. The molecule has 2 N–H and O–H groups in total. The third-order valence-electron chi connectivity index (χ3n) is 3.39. The summed E-state index contributed by atoms with van der Waals surface area (Å²) in [4.78, 5) is 11.9. The topological polar surface area (TPSA) is 50.4 Å². The maximum Gasteiger partial charge on any atom is 0.226 e. The third-order valence-corrected chi connectivity index (χ3v) is 4.36. The predicted molar refractivity (Wildman–Crippen MR) is 112 cm³/mol. The molecule has 0 aromatic heterocycles. The number of rotatable bonds is 6. The van der Waals surface area contributed by atoms with Gasteiger partial charge < -0.3 is 15.4 Å². The van der Waals surface area contributed by atoms with E-state index in [-0.39, 0.29) is 17.4 Å². The van der Waals surface area contributed by atoms with Crippen molar-refractivity contribution in [2.24, 2.45) is 0 Å². The Balaban J connectivity index is 1.72. The van der Waals surface area contributed by atoms with Crippen molar-refractivity contribution in [2.45, 2.75) is 19.8 Å². The van der Waals surface area contributed by atoms with E-state index in [2.05, 4.69) is 10.6 Å². The van der Waals surface area contributed by atoms with E-state index in [0.29, 0.717) is 33.8 Å². The van der Waals surface area contributed by atoms with Gasteiger partial charge in [0.1, 0.15) is 5.75 Å². The highest BCUT2D eigenvalue weighted by atomic mass is 35.5. The summed E-state index contributed by atoms with van der Waals surface area (Å²) in [6.45, 7) is 2.25. The summed E-state index contributed by atoms with van der Waals surface area (Å²) in [5.74, 6) is 0.340. The molecule has 138 valence electrons. The number of ether oxygens (including phenoxy) is 1. The fourth-order valence-corrected chi connectivity index (χ4v) is 3.03. The van der Waals surface area contributed by atoms with Gasteiger partial charge in [0.2, 0.25) is 5.91 Å². The molecule has 26 heavy (non-hydrogen) atoms. The Morgan fingerprint density at radius 3 is 2.50 bits per heavy atom. The van der Waals surface area contributed by atoms with Gasteiger partial charge in [0.25, 0.3) is 0 Å². The molecule has 0 saturated heterocycles. The van der Waals surface area contributed by atoms with Crippen LogP contribution >= 0.6 is 47.0 Å². The van der Waals surface area contributed by atoms with E-state index < -0.39 is 0 Å². The number of thiocarbonyl (C=S) groups is 1. The molecule has 0 atom stereocenters. The van der Waals surface area contributed by atoms with E-state index in [0.717, 1.165) is 11.3 Å². The third kappa shape index (κ3) is 6.65. The maximum absolute atomic E-state index is 11.9. The van der Waals surface area contributed by atoms with E-state index in [4.69, 9.17) is 51.8 Å². The highest BCUT2D eigenvalue weighted by molar-refractivity contribution is 7.80. The average molecular weight is 432 g/mol. The van der Waals surface area contributed by atoms with Crippen molar-refractivity contribution in [2.75, 3.05) is 11.9 Å². The molecule has 0 bridgehead atoms. The number of benzene rings is 2. The minimum absolute atomic E-state index is 0.195. The molecule has 4 nitrogen and oxygen atoms in total. The van der Waals surface area contributed by atoms with Gasteiger partial charge in [-0.3, -0.25) is 4.79 Å². The highest BCUT2D eigenvalue weighted by Crippen LogP contribution is 2.27. The maximum atomic E-state index is 11.9. The number of halogens is 3. The Hall–Kier alpha value is -1.53. The van der Waals surface area contributed by atoms with Crippen molar-refractivity contribution in [1.82, 2.24) is 5.32 Å². The first-order valence-electron chi connectivity index (χ1n) is 7.80. The lowest BCUT2D eigenvalue weighted by atomic mass is 10.2. The standard InChI is InChI=1S/C18H17Cl3N2O2S/c1-11-9-12(19)4-6-15(11)22-18(26)23-17(24)3-2-8-25-16-7-5-13(20)10-14(16)21/h4-7,9-10H,2-3,8H2,1H3,(H2,22,23,24,26). The molecular formula is C18H17Cl3N2O2S. The van der Waals surface area contributed by atoms with Crippen LogP contribution in [0.3, 0.4) is 0 Å². The first kappa shape index (κ1) is 20.8. The zero-order chi connectivity index (χ0) is 19.1. The molecule has 0 aliphatic carbocycles. The van der Waals surface area contributed by atoms with E-state index >= 15 is 0 Å². The monoisotopic (exact) mass is 430 g/mol. The van der Waals surface area contributed by atoms with Gasteiger partial charge in [0.15, 0.2) is 5.11 Å². The molecule has 0 saturated carbocycles. The van der Waals surface area contributed by atoms with Gasteiger partial charge >= 0.3 is 0 Å². The zero-order valence-corrected chi connectivity index (χ0v) is 17.0. The van der Waals surface area contributed by atoms with E-state index in [1.54, 1.807) is 30.3 Å². The largest absolute Gasteiger partial charge is 0.492 e. The molecule has 0 aliphatic rings. The molecule has 0 aliphatic heterocycles. The first-order chi connectivity index (χ1) is 12.3. The SMILES string of the molecule is Cc1cc(Cl)ccc1NC(=S)NC(=O)CCCOc1ccc(Cl)cc1Cl. The summed E-state index contributed by atoms with van der Waals surface area (Å²) in [6.07, 6.45) is 0.792. The van der Waals surface area contributed by atoms with Gasteiger partial charge in [-0.2, -0.15) is 0 Å². The lowest BCUT2D eigenvalue weighted by Gasteiger charge is -2.12. The van der Waals surface area contributed by atoms with Crippen molar-refractivity contribution in [3.05, 3.63) is 57.0 Å². The number of aryl methyl sites for hydroxylation is 1. The van der Waals surface area contributed by atoms with Gasteiger partial charge in [-0.15, -0.1) is 0 Å². The van der Waals surface area contributed by atoms with Crippen LogP contribution in [0.5, 0.6) is 5.75 Å². The van der Waals surface area contributed by atoms with Gasteiger partial charge in [-0.05, 0) is 67.5 Å². The van der Waals surface area contributed by atoms with Gasteiger partial charge in [0.05, 0.1) is 11.6 Å². The smallest absolute Gasteiger partial charge is 0.226 e. The number of nitrogens with one attached hydrogen (secondary N) is 2. The second kappa shape index (κ2) is 9.97. The van der Waals surface area contributed by atoms with E-state index in [9.17, 15) is 4.79 Å². The van der Waals surface area contributed by atoms with Crippen LogP contribution in [0.15, 0.2) is 36.4 Å². The second-order valence-corrected chi connectivity index (χ2v) is 7.18. The van der Waals surface area contributed by atoms with Crippen LogP contribution in [0, 0.1) is 6.92 Å². The Kier molecular flexibility index (Phi) is 7.97. The molecule has 0 radical (unpaired) electrons. The summed E-state index contributed by atoms with van der Waals surface area (Å²) in [5.41, 5.74) is 1.72. The predicted octanol–water partition coefficient (Wildman–Crippen LogP) is 5.63. The van der Waals surface area contributed by atoms with E-state index in [1.807, 2.05) is 13.0 Å². The fourth-order valence-electron chi connectivity index (χ4n) is 2.12. The zero-order valence-electron chi connectivity index (χ0n) is 13.9. The minimum Gasteiger partial charge on any atom is -0.492 e. The lowest BCUT2D eigenvalue weighted by molar-refractivity contribution is -0.119. The van der Waals surface area contributed by atoms with Crippen LogP contribution < -0.4 is 15.4 Å². The van der Waals surface area contributed by atoms with Crippen molar-refractivity contribution >= 4 is 63.7 Å². The number of amides is 1. The van der Waals surface area contributed by atoms with Crippen molar-refractivity contribution in [1.29, 1.82) is 0 Å². The summed E-state index contributed by atoms with van der Waals surface area (Å²) in [6, 6.07) is 10.4.